The molecule has 19 heavy (non-hydrogen) atoms. The van der Waals surface area contributed by atoms with Crippen molar-refractivity contribution in [3.8, 4) is 0 Å². The van der Waals surface area contributed by atoms with Gasteiger partial charge in [-0.3, -0.25) is 4.79 Å². The molecule has 0 spiro atoms. The molecule has 1 amide bonds. The lowest BCUT2D eigenvalue weighted by atomic mass is 9.78. The van der Waals surface area contributed by atoms with Crippen molar-refractivity contribution in [1.29, 1.82) is 0 Å². The Morgan fingerprint density at radius 1 is 1.37 bits per heavy atom. The predicted molar refractivity (Wildman–Crippen MR) is 75.7 cm³/mol. The first-order valence-corrected chi connectivity index (χ1v) is 7.66. The Bertz CT molecular complexity index is 303. The quantitative estimate of drug-likeness (QED) is 0.846. The number of ether oxygens (including phenoxy) is 1. The summed E-state index contributed by atoms with van der Waals surface area (Å²) in [6, 6.07) is 0.279. The van der Waals surface area contributed by atoms with Crippen LogP contribution in [0.4, 0.5) is 0 Å². The minimum absolute atomic E-state index is 0.185. The van der Waals surface area contributed by atoms with Crippen molar-refractivity contribution >= 4 is 5.91 Å². The van der Waals surface area contributed by atoms with Crippen LogP contribution in [0, 0.1) is 17.8 Å². The lowest BCUT2D eigenvalue weighted by Crippen LogP contribution is -2.43. The van der Waals surface area contributed by atoms with Crippen molar-refractivity contribution in [3.63, 3.8) is 0 Å². The smallest absolute Gasteiger partial charge is 0.225 e. The van der Waals surface area contributed by atoms with E-state index in [-0.39, 0.29) is 12.0 Å². The van der Waals surface area contributed by atoms with E-state index in [0.717, 1.165) is 45.4 Å². The lowest BCUT2D eigenvalue weighted by Gasteiger charge is -2.34. The molecule has 2 aliphatic rings. The molecule has 0 bridgehead atoms. The highest BCUT2D eigenvalue weighted by molar-refractivity contribution is 5.78. The number of hydrogen-bond acceptors (Lipinski definition) is 3. The van der Waals surface area contributed by atoms with Crippen molar-refractivity contribution in [3.05, 3.63) is 0 Å². The van der Waals surface area contributed by atoms with E-state index >= 15 is 0 Å². The first-order chi connectivity index (χ1) is 9.08. The van der Waals surface area contributed by atoms with E-state index in [1.807, 2.05) is 11.9 Å². The number of carbonyl (C=O) groups is 1. The summed E-state index contributed by atoms with van der Waals surface area (Å²) in [5.41, 5.74) is 6.02. The lowest BCUT2D eigenvalue weighted by molar-refractivity contribution is -0.137. The zero-order valence-corrected chi connectivity index (χ0v) is 12.3. The second-order valence-electron chi connectivity index (χ2n) is 6.45. The highest BCUT2D eigenvalue weighted by Crippen LogP contribution is 2.29. The molecular formula is C15H28N2O2. The van der Waals surface area contributed by atoms with Gasteiger partial charge in [0, 0.05) is 32.2 Å². The molecule has 0 aromatic rings. The average Bonchev–Trinajstić information content (AvgIpc) is 2.42. The van der Waals surface area contributed by atoms with Crippen molar-refractivity contribution in [1.82, 2.24) is 4.90 Å². The summed E-state index contributed by atoms with van der Waals surface area (Å²) in [6.07, 6.45) is 5.20. The van der Waals surface area contributed by atoms with E-state index in [9.17, 15) is 4.79 Å². The van der Waals surface area contributed by atoms with Gasteiger partial charge in [0.1, 0.15) is 0 Å². The summed E-state index contributed by atoms with van der Waals surface area (Å²) in [5.74, 6) is 1.48. The fraction of sp³-hybridized carbons (Fsp3) is 0.933. The summed E-state index contributed by atoms with van der Waals surface area (Å²) < 4.78 is 5.48. The van der Waals surface area contributed by atoms with Crippen molar-refractivity contribution < 1.29 is 9.53 Å². The van der Waals surface area contributed by atoms with Gasteiger partial charge in [0.2, 0.25) is 5.91 Å². The highest BCUT2D eigenvalue weighted by atomic mass is 16.5. The van der Waals surface area contributed by atoms with E-state index in [1.165, 1.54) is 6.42 Å². The first kappa shape index (κ1) is 14.8. The molecule has 0 aromatic carbocycles. The van der Waals surface area contributed by atoms with E-state index < -0.39 is 0 Å². The molecule has 1 saturated carbocycles. The van der Waals surface area contributed by atoms with Crippen LogP contribution in [0.1, 0.15) is 39.0 Å². The third-order valence-electron chi connectivity index (χ3n) is 4.75. The van der Waals surface area contributed by atoms with Gasteiger partial charge in [-0.2, -0.15) is 0 Å². The molecule has 110 valence electrons. The van der Waals surface area contributed by atoms with Crippen LogP contribution in [-0.4, -0.2) is 43.7 Å². The van der Waals surface area contributed by atoms with Gasteiger partial charge in [-0.05, 0) is 43.9 Å². The van der Waals surface area contributed by atoms with Gasteiger partial charge in [0.25, 0.3) is 0 Å². The highest BCUT2D eigenvalue weighted by Gasteiger charge is 2.31. The van der Waals surface area contributed by atoms with E-state index in [4.69, 9.17) is 10.5 Å². The maximum absolute atomic E-state index is 12.5. The monoisotopic (exact) mass is 268 g/mol. The fourth-order valence-electron chi connectivity index (χ4n) is 3.38. The number of rotatable bonds is 3. The van der Waals surface area contributed by atoms with Crippen LogP contribution in [0.15, 0.2) is 0 Å². The SMILES string of the molecule is CC1CC(C(=O)N(C)CC2CCCOC2)CCC1N. The summed E-state index contributed by atoms with van der Waals surface area (Å²) >= 11 is 0. The van der Waals surface area contributed by atoms with Gasteiger partial charge in [-0.25, -0.2) is 0 Å². The normalized spacial score (nSPS) is 35.9. The first-order valence-electron chi connectivity index (χ1n) is 7.66. The average molecular weight is 268 g/mol. The molecule has 2 N–H and O–H groups in total. The molecule has 1 saturated heterocycles. The van der Waals surface area contributed by atoms with Crippen molar-refractivity contribution in [2.24, 2.45) is 23.5 Å². The zero-order valence-electron chi connectivity index (χ0n) is 12.3. The number of nitrogens with two attached hydrogens (primary N) is 1. The third kappa shape index (κ3) is 3.93. The van der Waals surface area contributed by atoms with E-state index in [0.29, 0.717) is 17.7 Å². The van der Waals surface area contributed by atoms with Crippen LogP contribution in [0.25, 0.3) is 0 Å². The second-order valence-corrected chi connectivity index (χ2v) is 6.45. The van der Waals surface area contributed by atoms with Crippen LogP contribution in [0.3, 0.4) is 0 Å². The Morgan fingerprint density at radius 2 is 2.16 bits per heavy atom. The van der Waals surface area contributed by atoms with E-state index in [2.05, 4.69) is 6.92 Å². The Hall–Kier alpha value is -0.610. The zero-order chi connectivity index (χ0) is 13.8. The molecule has 1 aliphatic carbocycles. The Morgan fingerprint density at radius 3 is 2.79 bits per heavy atom. The van der Waals surface area contributed by atoms with Gasteiger partial charge >= 0.3 is 0 Å². The van der Waals surface area contributed by atoms with Crippen LogP contribution >= 0.6 is 0 Å². The Labute approximate surface area is 116 Å². The molecule has 2 fully saturated rings. The van der Waals surface area contributed by atoms with Crippen molar-refractivity contribution in [2.75, 3.05) is 26.8 Å². The molecular weight excluding hydrogens is 240 g/mol. The van der Waals surface area contributed by atoms with Crippen molar-refractivity contribution in [2.45, 2.75) is 45.1 Å². The molecule has 4 heteroatoms. The van der Waals surface area contributed by atoms with Gasteiger partial charge in [-0.1, -0.05) is 6.92 Å². The summed E-state index contributed by atoms with van der Waals surface area (Å²) in [4.78, 5) is 14.4. The maximum Gasteiger partial charge on any atom is 0.225 e. The molecule has 4 nitrogen and oxygen atoms in total. The molecule has 4 atom stereocenters. The molecule has 1 aliphatic heterocycles. The van der Waals surface area contributed by atoms with E-state index in [1.54, 1.807) is 0 Å². The summed E-state index contributed by atoms with van der Waals surface area (Å²) in [5, 5.41) is 0. The topological polar surface area (TPSA) is 55.6 Å². The number of carbonyl (C=O) groups excluding carboxylic acids is 1. The predicted octanol–water partition coefficient (Wildman–Crippen LogP) is 1.63. The number of amides is 1. The summed E-state index contributed by atoms with van der Waals surface area (Å²) in [7, 11) is 1.94. The van der Waals surface area contributed by atoms with Gasteiger partial charge in [0.15, 0.2) is 0 Å². The fourth-order valence-corrected chi connectivity index (χ4v) is 3.38. The molecule has 2 rings (SSSR count). The van der Waals surface area contributed by atoms with Gasteiger partial charge in [0.05, 0.1) is 6.61 Å². The second kappa shape index (κ2) is 6.71. The Kier molecular flexibility index (Phi) is 5.22. The van der Waals surface area contributed by atoms with Crippen LogP contribution in [-0.2, 0) is 9.53 Å². The van der Waals surface area contributed by atoms with Gasteiger partial charge < -0.3 is 15.4 Å². The number of hydrogen-bond donors (Lipinski definition) is 1. The van der Waals surface area contributed by atoms with Crippen LogP contribution < -0.4 is 5.73 Å². The molecule has 4 unspecified atom stereocenters. The number of nitrogens with zero attached hydrogens (tertiary/aromatic N) is 1. The molecule has 0 aromatic heterocycles. The summed E-state index contributed by atoms with van der Waals surface area (Å²) in [6.45, 7) is 4.70. The Balaban J connectivity index is 1.81. The third-order valence-corrected chi connectivity index (χ3v) is 4.75. The maximum atomic E-state index is 12.5. The minimum Gasteiger partial charge on any atom is -0.381 e. The largest absolute Gasteiger partial charge is 0.381 e. The van der Waals surface area contributed by atoms with Crippen LogP contribution in [0.5, 0.6) is 0 Å². The van der Waals surface area contributed by atoms with Crippen LogP contribution in [0.2, 0.25) is 0 Å². The van der Waals surface area contributed by atoms with Gasteiger partial charge in [-0.15, -0.1) is 0 Å². The molecule has 0 radical (unpaired) electrons. The molecule has 1 heterocycles. The standard InChI is InChI=1S/C15H28N2O2/c1-11-8-13(5-6-14(11)16)15(18)17(2)9-12-4-3-7-19-10-12/h11-14H,3-10,16H2,1-2H3. The minimum atomic E-state index is 0.185.